The fourth-order valence-corrected chi connectivity index (χ4v) is 3.97. The highest BCUT2D eigenvalue weighted by Gasteiger charge is 2.22. The summed E-state index contributed by atoms with van der Waals surface area (Å²) in [6.45, 7) is 0.837. The monoisotopic (exact) mass is 350 g/mol. The fraction of sp³-hybridized carbons (Fsp3) is 0.211. The number of hydrogen-bond donors (Lipinski definition) is 1. The Balaban J connectivity index is 1.55. The second kappa shape index (κ2) is 7.11. The molecule has 1 aliphatic heterocycles. The maximum Gasteiger partial charge on any atom is 0.231 e. The Labute approximate surface area is 150 Å². The molecule has 0 radical (unpaired) electrons. The molecule has 1 aliphatic rings. The summed E-state index contributed by atoms with van der Waals surface area (Å²) in [5.41, 5.74) is 2.26. The molecule has 0 saturated carbocycles. The van der Waals surface area contributed by atoms with Crippen molar-refractivity contribution in [3.63, 3.8) is 0 Å². The number of benzene rings is 2. The van der Waals surface area contributed by atoms with E-state index in [-0.39, 0.29) is 11.8 Å². The first kappa shape index (κ1) is 15.9. The average molecular weight is 350 g/mol. The molecular formula is C19H18N4OS. The van der Waals surface area contributed by atoms with Crippen LogP contribution in [0.15, 0.2) is 65.8 Å². The van der Waals surface area contributed by atoms with Crippen molar-refractivity contribution in [1.29, 1.82) is 0 Å². The van der Waals surface area contributed by atoms with E-state index in [0.717, 1.165) is 28.6 Å². The van der Waals surface area contributed by atoms with Gasteiger partial charge in [0.2, 0.25) is 11.9 Å². The van der Waals surface area contributed by atoms with Gasteiger partial charge in [-0.25, -0.2) is 0 Å². The van der Waals surface area contributed by atoms with Gasteiger partial charge in [-0.2, -0.15) is 0 Å². The van der Waals surface area contributed by atoms with Crippen molar-refractivity contribution in [3.8, 4) is 0 Å². The Morgan fingerprint density at radius 1 is 1.04 bits per heavy atom. The number of nitrogens with one attached hydrogen (secondary N) is 1. The molecule has 0 aliphatic carbocycles. The molecule has 0 fully saturated rings. The lowest BCUT2D eigenvalue weighted by Gasteiger charge is -2.17. The Morgan fingerprint density at radius 3 is 2.32 bits per heavy atom. The largest absolute Gasteiger partial charge is 0.295 e. The molecule has 25 heavy (non-hydrogen) atoms. The van der Waals surface area contributed by atoms with Crippen molar-refractivity contribution in [3.05, 3.63) is 71.8 Å². The predicted octanol–water partition coefficient (Wildman–Crippen LogP) is 3.54. The van der Waals surface area contributed by atoms with E-state index < -0.39 is 0 Å². The molecule has 0 atom stereocenters. The molecule has 1 N–H and O–H groups in total. The number of carbonyl (C=O) groups is 1. The van der Waals surface area contributed by atoms with Crippen molar-refractivity contribution < 1.29 is 4.79 Å². The van der Waals surface area contributed by atoms with Gasteiger partial charge in [0.25, 0.3) is 0 Å². The van der Waals surface area contributed by atoms with Crippen molar-refractivity contribution in [2.75, 3.05) is 11.1 Å². The minimum Gasteiger partial charge on any atom is -0.295 e. The van der Waals surface area contributed by atoms with Crippen LogP contribution in [0.2, 0.25) is 0 Å². The second-order valence-corrected chi connectivity index (χ2v) is 6.99. The second-order valence-electron chi connectivity index (χ2n) is 5.93. The standard InChI is InChI=1S/C19H18N4OS/c24-17(20-18-21-22-19-23(18)11-12-25-19)13-16(14-7-3-1-4-8-14)15-9-5-2-6-10-15/h1-10,16H,11-13H2,(H,20,21,24). The molecule has 3 aromatic rings. The Bertz CT molecular complexity index is 824. The van der Waals surface area contributed by atoms with Crippen LogP contribution in [0.3, 0.4) is 0 Å². The minimum atomic E-state index is -0.0511. The van der Waals surface area contributed by atoms with Gasteiger partial charge in [0.15, 0.2) is 5.16 Å². The first-order valence-electron chi connectivity index (χ1n) is 8.27. The van der Waals surface area contributed by atoms with Crippen LogP contribution in [0.1, 0.15) is 23.5 Å². The highest BCUT2D eigenvalue weighted by atomic mass is 32.2. The normalized spacial score (nSPS) is 13.0. The fourth-order valence-electron chi connectivity index (χ4n) is 3.08. The van der Waals surface area contributed by atoms with E-state index >= 15 is 0 Å². The maximum atomic E-state index is 12.7. The number of carbonyl (C=O) groups excluding carboxylic acids is 1. The third kappa shape index (κ3) is 3.44. The lowest BCUT2D eigenvalue weighted by atomic mass is 9.88. The molecule has 126 valence electrons. The SMILES string of the molecule is O=C(CC(c1ccccc1)c1ccccc1)Nc1nnc2n1CCS2. The van der Waals surface area contributed by atoms with E-state index in [4.69, 9.17) is 0 Å². The maximum absolute atomic E-state index is 12.7. The summed E-state index contributed by atoms with van der Waals surface area (Å²) in [5.74, 6) is 1.48. The number of hydrogen-bond acceptors (Lipinski definition) is 4. The predicted molar refractivity (Wildman–Crippen MR) is 98.7 cm³/mol. The van der Waals surface area contributed by atoms with Gasteiger partial charge in [-0.15, -0.1) is 10.2 Å². The van der Waals surface area contributed by atoms with Gasteiger partial charge in [0, 0.05) is 24.6 Å². The first-order chi connectivity index (χ1) is 12.3. The van der Waals surface area contributed by atoms with Crippen LogP contribution >= 0.6 is 11.8 Å². The summed E-state index contributed by atoms with van der Waals surface area (Å²) in [5, 5.41) is 12.0. The number of fused-ring (bicyclic) bond motifs is 1. The van der Waals surface area contributed by atoms with Crippen LogP contribution in [-0.4, -0.2) is 26.4 Å². The van der Waals surface area contributed by atoms with Crippen LogP contribution in [0.4, 0.5) is 5.95 Å². The smallest absolute Gasteiger partial charge is 0.231 e. The Kier molecular flexibility index (Phi) is 4.52. The highest BCUT2D eigenvalue weighted by Crippen LogP contribution is 2.29. The van der Waals surface area contributed by atoms with Crippen molar-refractivity contribution >= 4 is 23.6 Å². The van der Waals surface area contributed by atoms with Crippen molar-refractivity contribution in [2.45, 2.75) is 24.0 Å². The molecule has 0 bridgehead atoms. The van der Waals surface area contributed by atoms with Crippen LogP contribution in [0.5, 0.6) is 0 Å². The van der Waals surface area contributed by atoms with E-state index in [2.05, 4.69) is 39.8 Å². The molecule has 4 rings (SSSR count). The van der Waals surface area contributed by atoms with Gasteiger partial charge in [-0.1, -0.05) is 72.4 Å². The summed E-state index contributed by atoms with van der Waals surface area (Å²) in [6, 6.07) is 20.3. The van der Waals surface area contributed by atoms with E-state index in [1.54, 1.807) is 11.8 Å². The van der Waals surface area contributed by atoms with Gasteiger partial charge >= 0.3 is 0 Å². The third-order valence-electron chi connectivity index (χ3n) is 4.31. The van der Waals surface area contributed by atoms with Gasteiger partial charge in [0.1, 0.15) is 0 Å². The average Bonchev–Trinajstić information content (AvgIpc) is 3.26. The van der Waals surface area contributed by atoms with Crippen molar-refractivity contribution in [1.82, 2.24) is 14.8 Å². The number of anilines is 1. The summed E-state index contributed by atoms with van der Waals surface area (Å²) in [6.07, 6.45) is 0.364. The van der Waals surface area contributed by atoms with Crippen molar-refractivity contribution in [2.24, 2.45) is 0 Å². The van der Waals surface area contributed by atoms with E-state index in [0.29, 0.717) is 12.4 Å². The number of nitrogens with zero attached hydrogens (tertiary/aromatic N) is 3. The van der Waals surface area contributed by atoms with E-state index in [1.165, 1.54) is 0 Å². The first-order valence-corrected chi connectivity index (χ1v) is 9.25. The molecule has 0 unspecified atom stereocenters. The number of amides is 1. The topological polar surface area (TPSA) is 59.8 Å². The third-order valence-corrected chi connectivity index (χ3v) is 5.25. The summed E-state index contributed by atoms with van der Waals surface area (Å²) >= 11 is 1.66. The molecular weight excluding hydrogens is 332 g/mol. The summed E-state index contributed by atoms with van der Waals surface area (Å²) in [7, 11) is 0. The number of aromatic nitrogens is 3. The molecule has 0 saturated heterocycles. The molecule has 5 nitrogen and oxygen atoms in total. The Morgan fingerprint density at radius 2 is 1.68 bits per heavy atom. The van der Waals surface area contributed by atoms with Crippen LogP contribution in [0.25, 0.3) is 0 Å². The zero-order chi connectivity index (χ0) is 17.1. The van der Waals surface area contributed by atoms with Gasteiger partial charge in [-0.3, -0.25) is 14.7 Å². The summed E-state index contributed by atoms with van der Waals surface area (Å²) < 4.78 is 1.96. The highest BCUT2D eigenvalue weighted by molar-refractivity contribution is 7.99. The minimum absolute atomic E-state index is 0.0118. The zero-order valence-corrected chi connectivity index (χ0v) is 14.4. The molecule has 1 amide bonds. The van der Waals surface area contributed by atoms with Crippen LogP contribution in [0, 0.1) is 0 Å². The number of thioether (sulfide) groups is 1. The lowest BCUT2D eigenvalue weighted by molar-refractivity contribution is -0.116. The Hall–Kier alpha value is -2.60. The summed E-state index contributed by atoms with van der Waals surface area (Å²) in [4.78, 5) is 12.7. The quantitative estimate of drug-likeness (QED) is 0.764. The molecule has 1 aromatic heterocycles. The molecule has 2 aromatic carbocycles. The molecule has 0 spiro atoms. The lowest BCUT2D eigenvalue weighted by Crippen LogP contribution is -2.19. The zero-order valence-electron chi connectivity index (χ0n) is 13.6. The van der Waals surface area contributed by atoms with Gasteiger partial charge < -0.3 is 0 Å². The van der Waals surface area contributed by atoms with E-state index in [1.807, 2.05) is 41.0 Å². The molecule has 2 heterocycles. The number of rotatable bonds is 5. The van der Waals surface area contributed by atoms with Gasteiger partial charge in [0.05, 0.1) is 0 Å². The van der Waals surface area contributed by atoms with E-state index in [9.17, 15) is 4.79 Å². The van der Waals surface area contributed by atoms with Gasteiger partial charge in [-0.05, 0) is 11.1 Å². The molecule has 6 heteroatoms. The van der Waals surface area contributed by atoms with Crippen LogP contribution in [-0.2, 0) is 11.3 Å². The van der Waals surface area contributed by atoms with Crippen LogP contribution < -0.4 is 5.32 Å².